The zero-order valence-corrected chi connectivity index (χ0v) is 16.4. The third kappa shape index (κ3) is 5.25. The molecule has 6 nitrogen and oxygen atoms in total. The lowest BCUT2D eigenvalue weighted by atomic mass is 10.00. The summed E-state index contributed by atoms with van der Waals surface area (Å²) >= 11 is 6.10. The lowest BCUT2D eigenvalue weighted by Gasteiger charge is -2.32. The first-order valence-electron chi connectivity index (χ1n) is 8.31. The van der Waals surface area contributed by atoms with Gasteiger partial charge in [-0.2, -0.15) is 0 Å². The molecule has 0 radical (unpaired) electrons. The minimum Gasteiger partial charge on any atom is -0.495 e. The highest BCUT2D eigenvalue weighted by Crippen LogP contribution is 2.30. The van der Waals surface area contributed by atoms with Gasteiger partial charge in [-0.3, -0.25) is 9.10 Å². The molecule has 0 aromatic heterocycles. The summed E-state index contributed by atoms with van der Waals surface area (Å²) < 4.78 is 30.6. The molecule has 1 aromatic carbocycles. The third-order valence-corrected chi connectivity index (χ3v) is 5.85. The molecule has 0 N–H and O–H groups in total. The van der Waals surface area contributed by atoms with Crippen LogP contribution in [0.2, 0.25) is 5.02 Å². The Morgan fingerprint density at radius 3 is 2.72 bits per heavy atom. The van der Waals surface area contributed by atoms with E-state index in [0.29, 0.717) is 22.4 Å². The molecule has 0 aliphatic carbocycles. The number of piperidine rings is 1. The van der Waals surface area contributed by atoms with E-state index in [-0.39, 0.29) is 18.9 Å². The van der Waals surface area contributed by atoms with Crippen LogP contribution in [0.25, 0.3) is 0 Å². The van der Waals surface area contributed by atoms with Crippen molar-refractivity contribution in [2.75, 3.05) is 37.3 Å². The highest BCUT2D eigenvalue weighted by atomic mass is 35.5. The van der Waals surface area contributed by atoms with E-state index in [4.69, 9.17) is 16.3 Å². The van der Waals surface area contributed by atoms with Crippen molar-refractivity contribution in [1.29, 1.82) is 0 Å². The lowest BCUT2D eigenvalue weighted by molar-refractivity contribution is -0.132. The van der Waals surface area contributed by atoms with E-state index in [2.05, 4.69) is 6.92 Å². The van der Waals surface area contributed by atoms with Gasteiger partial charge in [-0.05, 0) is 37.0 Å². The first kappa shape index (κ1) is 19.8. The van der Waals surface area contributed by atoms with Crippen LogP contribution in [0.15, 0.2) is 18.2 Å². The average Bonchev–Trinajstić information content (AvgIpc) is 2.53. The molecule has 0 spiro atoms. The number of nitrogens with zero attached hydrogens (tertiary/aromatic N) is 2. The Balaban J connectivity index is 2.11. The molecule has 2 rings (SSSR count). The van der Waals surface area contributed by atoms with Gasteiger partial charge in [0.25, 0.3) is 0 Å². The summed E-state index contributed by atoms with van der Waals surface area (Å²) in [6.07, 6.45) is 3.39. The number of sulfonamides is 1. The highest BCUT2D eigenvalue weighted by molar-refractivity contribution is 7.92. The fourth-order valence-corrected chi connectivity index (χ4v) is 4.24. The molecule has 1 unspecified atom stereocenters. The Hall–Kier alpha value is -1.47. The number of hydrogen-bond donors (Lipinski definition) is 0. The fourth-order valence-electron chi connectivity index (χ4n) is 3.07. The molecule has 0 bridgehead atoms. The van der Waals surface area contributed by atoms with E-state index in [1.807, 2.05) is 4.90 Å². The monoisotopic (exact) mass is 388 g/mol. The smallest absolute Gasteiger partial charge is 0.232 e. The van der Waals surface area contributed by atoms with Crippen LogP contribution in [0.3, 0.4) is 0 Å². The molecule has 1 aliphatic heterocycles. The predicted octanol–water partition coefficient (Wildman–Crippen LogP) is 2.76. The van der Waals surface area contributed by atoms with Gasteiger partial charge in [-0.15, -0.1) is 0 Å². The summed E-state index contributed by atoms with van der Waals surface area (Å²) in [6, 6.07) is 4.78. The lowest BCUT2D eigenvalue weighted by Crippen LogP contribution is -2.41. The summed E-state index contributed by atoms with van der Waals surface area (Å²) in [4.78, 5) is 14.3. The topological polar surface area (TPSA) is 66.9 Å². The van der Waals surface area contributed by atoms with Crippen LogP contribution in [0.5, 0.6) is 5.75 Å². The molecule has 0 saturated carbocycles. The van der Waals surface area contributed by atoms with Gasteiger partial charge in [-0.1, -0.05) is 18.5 Å². The summed E-state index contributed by atoms with van der Waals surface area (Å²) in [6.45, 7) is 3.70. The SMILES string of the molecule is COc1ccc(N(CCC(=O)N2CCCC(C)C2)S(C)(=O)=O)cc1Cl. The summed E-state index contributed by atoms with van der Waals surface area (Å²) in [5, 5.41) is 0.324. The van der Waals surface area contributed by atoms with E-state index in [0.717, 1.165) is 32.2 Å². The normalized spacial score (nSPS) is 18.1. The Morgan fingerprint density at radius 1 is 1.44 bits per heavy atom. The van der Waals surface area contributed by atoms with Gasteiger partial charge in [0.2, 0.25) is 15.9 Å². The first-order valence-corrected chi connectivity index (χ1v) is 10.5. The maximum absolute atomic E-state index is 12.4. The summed E-state index contributed by atoms with van der Waals surface area (Å²) in [5.41, 5.74) is 0.424. The van der Waals surface area contributed by atoms with Crippen LogP contribution >= 0.6 is 11.6 Å². The number of benzene rings is 1. The number of halogens is 1. The quantitative estimate of drug-likeness (QED) is 0.751. The van der Waals surface area contributed by atoms with Crippen molar-refractivity contribution < 1.29 is 17.9 Å². The number of hydrogen-bond acceptors (Lipinski definition) is 4. The maximum Gasteiger partial charge on any atom is 0.232 e. The van der Waals surface area contributed by atoms with E-state index < -0.39 is 10.0 Å². The summed E-state index contributed by atoms with van der Waals surface area (Å²) in [7, 11) is -2.03. The Labute approximate surface area is 154 Å². The van der Waals surface area contributed by atoms with Crippen molar-refractivity contribution in [2.24, 2.45) is 5.92 Å². The van der Waals surface area contributed by atoms with Crippen LogP contribution in [0.4, 0.5) is 5.69 Å². The number of methoxy groups -OCH3 is 1. The number of likely N-dealkylation sites (tertiary alicyclic amines) is 1. The van der Waals surface area contributed by atoms with Gasteiger partial charge in [0.05, 0.1) is 24.1 Å². The number of carbonyl (C=O) groups is 1. The van der Waals surface area contributed by atoms with Crippen molar-refractivity contribution in [3.05, 3.63) is 23.2 Å². The molecular formula is C17H25ClN2O4S. The largest absolute Gasteiger partial charge is 0.495 e. The van der Waals surface area contributed by atoms with Crippen LogP contribution < -0.4 is 9.04 Å². The van der Waals surface area contributed by atoms with E-state index in [1.165, 1.54) is 17.5 Å². The number of rotatable bonds is 6. The molecule has 8 heteroatoms. The van der Waals surface area contributed by atoms with Crippen LogP contribution in [0, 0.1) is 5.92 Å². The van der Waals surface area contributed by atoms with Crippen LogP contribution in [-0.4, -0.2) is 52.2 Å². The van der Waals surface area contributed by atoms with Gasteiger partial charge in [0.15, 0.2) is 0 Å². The average molecular weight is 389 g/mol. The minimum atomic E-state index is -3.53. The van der Waals surface area contributed by atoms with E-state index in [1.54, 1.807) is 12.1 Å². The highest BCUT2D eigenvalue weighted by Gasteiger charge is 2.24. The van der Waals surface area contributed by atoms with Gasteiger partial charge < -0.3 is 9.64 Å². The van der Waals surface area contributed by atoms with Gasteiger partial charge in [-0.25, -0.2) is 8.42 Å². The maximum atomic E-state index is 12.4. The van der Waals surface area contributed by atoms with Crippen molar-refractivity contribution in [3.63, 3.8) is 0 Å². The molecule has 1 amide bonds. The van der Waals surface area contributed by atoms with Crippen LogP contribution in [-0.2, 0) is 14.8 Å². The molecule has 1 aromatic rings. The molecule has 1 saturated heterocycles. The van der Waals surface area contributed by atoms with E-state index >= 15 is 0 Å². The van der Waals surface area contributed by atoms with Gasteiger partial charge in [0, 0.05) is 26.1 Å². The number of amides is 1. The molecule has 1 fully saturated rings. The Bertz CT molecular complexity index is 723. The Morgan fingerprint density at radius 2 is 2.16 bits per heavy atom. The van der Waals surface area contributed by atoms with Gasteiger partial charge >= 0.3 is 0 Å². The molecule has 1 aliphatic rings. The number of carbonyl (C=O) groups excluding carboxylic acids is 1. The molecular weight excluding hydrogens is 364 g/mol. The minimum absolute atomic E-state index is 0.0141. The molecule has 1 heterocycles. The second kappa shape index (κ2) is 8.27. The zero-order chi connectivity index (χ0) is 18.6. The molecule has 1 atom stereocenters. The third-order valence-electron chi connectivity index (χ3n) is 4.36. The predicted molar refractivity (Wildman–Crippen MR) is 99.8 cm³/mol. The van der Waals surface area contributed by atoms with Crippen molar-refractivity contribution in [1.82, 2.24) is 4.90 Å². The van der Waals surface area contributed by atoms with E-state index in [9.17, 15) is 13.2 Å². The number of anilines is 1. The second-order valence-corrected chi connectivity index (χ2v) is 8.81. The first-order chi connectivity index (χ1) is 11.7. The fraction of sp³-hybridized carbons (Fsp3) is 0.588. The Kier molecular flexibility index (Phi) is 6.57. The van der Waals surface area contributed by atoms with Crippen molar-refractivity contribution in [3.8, 4) is 5.75 Å². The molecule has 25 heavy (non-hydrogen) atoms. The standard InChI is InChI=1S/C17H25ClN2O4S/c1-13-5-4-9-19(12-13)17(21)8-10-20(25(3,22)23)14-6-7-16(24-2)15(18)11-14/h6-7,11,13H,4-5,8-10,12H2,1-3H3. The molecule has 140 valence electrons. The van der Waals surface area contributed by atoms with Crippen molar-refractivity contribution >= 4 is 33.2 Å². The summed E-state index contributed by atoms with van der Waals surface area (Å²) in [5.74, 6) is 0.946. The zero-order valence-electron chi connectivity index (χ0n) is 14.9. The van der Waals surface area contributed by atoms with Gasteiger partial charge in [0.1, 0.15) is 5.75 Å². The van der Waals surface area contributed by atoms with Crippen LogP contribution in [0.1, 0.15) is 26.2 Å². The van der Waals surface area contributed by atoms with Crippen molar-refractivity contribution in [2.45, 2.75) is 26.2 Å². The number of ether oxygens (including phenoxy) is 1. The second-order valence-electron chi connectivity index (χ2n) is 6.49.